The van der Waals surface area contributed by atoms with Crippen molar-refractivity contribution in [1.29, 1.82) is 0 Å². The second-order valence-electron chi connectivity index (χ2n) is 7.06. The van der Waals surface area contributed by atoms with Crippen LogP contribution in [0.4, 0.5) is 5.69 Å². The molecule has 0 radical (unpaired) electrons. The van der Waals surface area contributed by atoms with E-state index >= 15 is 0 Å². The summed E-state index contributed by atoms with van der Waals surface area (Å²) in [4.78, 5) is 31.4. The first kappa shape index (κ1) is 19.4. The molecular weight excluding hydrogens is 362 g/mol. The predicted molar refractivity (Wildman–Crippen MR) is 107 cm³/mol. The lowest BCUT2D eigenvalue weighted by molar-refractivity contribution is 0.0761. The van der Waals surface area contributed by atoms with Crippen LogP contribution < -0.4 is 5.32 Å². The molecule has 0 atom stereocenters. The highest BCUT2D eigenvalue weighted by Gasteiger charge is 2.19. The van der Waals surface area contributed by atoms with Crippen molar-refractivity contribution < 1.29 is 9.59 Å². The van der Waals surface area contributed by atoms with E-state index in [9.17, 15) is 9.59 Å². The summed E-state index contributed by atoms with van der Waals surface area (Å²) in [6.07, 6.45) is 7.33. The second-order valence-corrected chi connectivity index (χ2v) is 7.47. The Hall–Kier alpha value is -2.40. The fourth-order valence-electron chi connectivity index (χ4n) is 3.40. The molecule has 1 aliphatic heterocycles. The maximum absolute atomic E-state index is 12.8. The molecule has 1 N–H and O–H groups in total. The molecule has 142 valence electrons. The number of aromatic nitrogens is 1. The average Bonchev–Trinajstić information content (AvgIpc) is 2.93. The predicted octanol–water partition coefficient (Wildman–Crippen LogP) is 4.62. The van der Waals surface area contributed by atoms with Gasteiger partial charge in [-0.3, -0.25) is 14.6 Å². The number of pyridine rings is 1. The molecule has 6 heteroatoms. The van der Waals surface area contributed by atoms with E-state index in [1.807, 2.05) is 30.9 Å². The van der Waals surface area contributed by atoms with Crippen molar-refractivity contribution in [3.63, 3.8) is 0 Å². The van der Waals surface area contributed by atoms with E-state index in [0.717, 1.165) is 49.9 Å². The van der Waals surface area contributed by atoms with E-state index in [1.165, 1.54) is 12.4 Å². The molecule has 2 heterocycles. The molecule has 1 aromatic heterocycles. The lowest BCUT2D eigenvalue weighted by Gasteiger charge is -2.20. The number of benzene rings is 1. The highest BCUT2D eigenvalue weighted by atomic mass is 35.5. The van der Waals surface area contributed by atoms with Crippen LogP contribution in [0.2, 0.25) is 5.02 Å². The molecule has 1 fully saturated rings. The van der Waals surface area contributed by atoms with Crippen molar-refractivity contribution in [2.45, 2.75) is 39.5 Å². The minimum atomic E-state index is -0.332. The standard InChI is InChI=1S/C21H24ClN3O2/c1-14-9-15(2)19(18(22)10-14)24-20(26)16-11-17(13-23-12-16)21(27)25-7-5-3-4-6-8-25/h9-13H,3-8H2,1-2H3,(H,24,26). The molecule has 0 bridgehead atoms. The first-order chi connectivity index (χ1) is 13.0. The minimum Gasteiger partial charge on any atom is -0.339 e. The number of aryl methyl sites for hydroxylation is 2. The number of likely N-dealkylation sites (tertiary alicyclic amines) is 1. The van der Waals surface area contributed by atoms with E-state index in [0.29, 0.717) is 21.8 Å². The van der Waals surface area contributed by atoms with Crippen LogP contribution in [0, 0.1) is 13.8 Å². The smallest absolute Gasteiger partial charge is 0.257 e. The number of hydrogen-bond donors (Lipinski definition) is 1. The second kappa shape index (κ2) is 8.53. The van der Waals surface area contributed by atoms with E-state index < -0.39 is 0 Å². The fraction of sp³-hybridized carbons (Fsp3) is 0.381. The third-order valence-corrected chi connectivity index (χ3v) is 5.11. The molecule has 1 aliphatic rings. The van der Waals surface area contributed by atoms with Crippen molar-refractivity contribution in [2.75, 3.05) is 18.4 Å². The number of hydrogen-bond acceptors (Lipinski definition) is 3. The van der Waals surface area contributed by atoms with Crippen LogP contribution in [0.3, 0.4) is 0 Å². The fourth-order valence-corrected chi connectivity index (χ4v) is 3.77. The number of nitrogens with zero attached hydrogens (tertiary/aromatic N) is 2. The first-order valence-electron chi connectivity index (χ1n) is 9.28. The molecule has 0 saturated carbocycles. The third kappa shape index (κ3) is 4.66. The summed E-state index contributed by atoms with van der Waals surface area (Å²) in [5.41, 5.74) is 3.28. The van der Waals surface area contributed by atoms with Gasteiger partial charge in [-0.05, 0) is 49.9 Å². The van der Waals surface area contributed by atoms with Crippen LogP contribution >= 0.6 is 11.6 Å². The van der Waals surface area contributed by atoms with Gasteiger partial charge < -0.3 is 10.2 Å². The molecule has 1 saturated heterocycles. The van der Waals surface area contributed by atoms with Gasteiger partial charge in [0, 0.05) is 25.5 Å². The molecule has 27 heavy (non-hydrogen) atoms. The van der Waals surface area contributed by atoms with Crippen LogP contribution in [0.25, 0.3) is 0 Å². The Morgan fingerprint density at radius 2 is 1.67 bits per heavy atom. The molecule has 3 rings (SSSR count). The molecule has 0 unspecified atom stereocenters. The van der Waals surface area contributed by atoms with Crippen molar-refractivity contribution in [3.8, 4) is 0 Å². The molecular formula is C21H24ClN3O2. The summed E-state index contributed by atoms with van der Waals surface area (Å²) >= 11 is 6.27. The summed E-state index contributed by atoms with van der Waals surface area (Å²) in [5, 5.41) is 3.33. The summed E-state index contributed by atoms with van der Waals surface area (Å²) < 4.78 is 0. The Morgan fingerprint density at radius 3 is 2.33 bits per heavy atom. The Bertz CT molecular complexity index is 835. The monoisotopic (exact) mass is 385 g/mol. The van der Waals surface area contributed by atoms with Gasteiger partial charge in [0.05, 0.1) is 21.8 Å². The zero-order chi connectivity index (χ0) is 19.4. The molecule has 0 aliphatic carbocycles. The summed E-state index contributed by atoms with van der Waals surface area (Å²) in [6, 6.07) is 5.37. The molecule has 0 spiro atoms. The van der Waals surface area contributed by atoms with Gasteiger partial charge in [0.2, 0.25) is 0 Å². The topological polar surface area (TPSA) is 62.3 Å². The van der Waals surface area contributed by atoms with Gasteiger partial charge in [-0.25, -0.2) is 0 Å². The molecule has 2 aromatic rings. The number of nitrogens with one attached hydrogen (secondary N) is 1. The van der Waals surface area contributed by atoms with Gasteiger partial charge in [-0.2, -0.15) is 0 Å². The minimum absolute atomic E-state index is 0.0661. The highest BCUT2D eigenvalue weighted by Crippen LogP contribution is 2.27. The summed E-state index contributed by atoms with van der Waals surface area (Å²) in [6.45, 7) is 5.36. The summed E-state index contributed by atoms with van der Waals surface area (Å²) in [5.74, 6) is -0.398. The van der Waals surface area contributed by atoms with Crippen molar-refractivity contribution >= 4 is 29.1 Å². The van der Waals surface area contributed by atoms with E-state index in [1.54, 1.807) is 6.07 Å². The van der Waals surface area contributed by atoms with Gasteiger partial charge in [-0.15, -0.1) is 0 Å². The van der Waals surface area contributed by atoms with Gasteiger partial charge >= 0.3 is 0 Å². The van der Waals surface area contributed by atoms with Gasteiger partial charge in [0.25, 0.3) is 11.8 Å². The van der Waals surface area contributed by atoms with Crippen LogP contribution in [0.15, 0.2) is 30.6 Å². The number of rotatable bonds is 3. The molecule has 5 nitrogen and oxygen atoms in total. The molecule has 2 amide bonds. The van der Waals surface area contributed by atoms with Crippen molar-refractivity contribution in [3.05, 3.63) is 57.9 Å². The molecule has 1 aromatic carbocycles. The maximum Gasteiger partial charge on any atom is 0.257 e. The zero-order valence-electron chi connectivity index (χ0n) is 15.7. The van der Waals surface area contributed by atoms with E-state index in [4.69, 9.17) is 11.6 Å². The number of amides is 2. The van der Waals surface area contributed by atoms with Crippen molar-refractivity contribution in [1.82, 2.24) is 9.88 Å². The SMILES string of the molecule is Cc1cc(C)c(NC(=O)c2cncc(C(=O)N3CCCCCC3)c2)c(Cl)c1. The van der Waals surface area contributed by atoms with E-state index in [-0.39, 0.29) is 11.8 Å². The van der Waals surface area contributed by atoms with Crippen LogP contribution in [0.5, 0.6) is 0 Å². The van der Waals surface area contributed by atoms with Gasteiger partial charge in [0.1, 0.15) is 0 Å². The average molecular weight is 386 g/mol. The Kier molecular flexibility index (Phi) is 6.11. The Balaban J connectivity index is 1.79. The number of carbonyl (C=O) groups is 2. The normalized spacial score (nSPS) is 14.6. The van der Waals surface area contributed by atoms with E-state index in [2.05, 4.69) is 10.3 Å². The largest absolute Gasteiger partial charge is 0.339 e. The van der Waals surface area contributed by atoms with Crippen LogP contribution in [-0.2, 0) is 0 Å². The number of carbonyl (C=O) groups excluding carboxylic acids is 2. The van der Waals surface area contributed by atoms with Crippen LogP contribution in [-0.4, -0.2) is 34.8 Å². The van der Waals surface area contributed by atoms with Gasteiger partial charge in [-0.1, -0.05) is 30.5 Å². The number of halogens is 1. The third-order valence-electron chi connectivity index (χ3n) is 4.81. The van der Waals surface area contributed by atoms with Crippen LogP contribution in [0.1, 0.15) is 57.5 Å². The first-order valence-corrected chi connectivity index (χ1v) is 9.66. The zero-order valence-corrected chi connectivity index (χ0v) is 16.5. The quantitative estimate of drug-likeness (QED) is 0.838. The lowest BCUT2D eigenvalue weighted by atomic mass is 10.1. The highest BCUT2D eigenvalue weighted by molar-refractivity contribution is 6.34. The Labute approximate surface area is 164 Å². The number of anilines is 1. The van der Waals surface area contributed by atoms with Gasteiger partial charge in [0.15, 0.2) is 0 Å². The summed E-state index contributed by atoms with van der Waals surface area (Å²) in [7, 11) is 0. The Morgan fingerprint density at radius 1 is 1.00 bits per heavy atom. The maximum atomic E-state index is 12.8. The van der Waals surface area contributed by atoms with Crippen molar-refractivity contribution in [2.24, 2.45) is 0 Å². The lowest BCUT2D eigenvalue weighted by Crippen LogP contribution is -2.32.